The Bertz CT molecular complexity index is 483. The van der Waals surface area contributed by atoms with Gasteiger partial charge in [0.05, 0.1) is 10.5 Å². The van der Waals surface area contributed by atoms with E-state index in [2.05, 4.69) is 27.3 Å². The van der Waals surface area contributed by atoms with Gasteiger partial charge in [-0.25, -0.2) is 13.1 Å². The van der Waals surface area contributed by atoms with Crippen molar-refractivity contribution in [3.05, 3.63) is 27.8 Å². The zero-order valence-corrected chi connectivity index (χ0v) is 13.5. The highest BCUT2D eigenvalue weighted by atomic mass is 127. The monoisotopic (exact) mass is 383 g/mol. The molecule has 0 saturated carbocycles. The maximum Gasteiger partial charge on any atom is 0.240 e. The molecule has 0 fully saturated rings. The summed E-state index contributed by atoms with van der Waals surface area (Å²) in [6.45, 7) is 3.60. The highest BCUT2D eigenvalue weighted by molar-refractivity contribution is 14.1. The third kappa shape index (κ3) is 4.83. The molecule has 0 bridgehead atoms. The predicted molar refractivity (Wildman–Crippen MR) is 79.9 cm³/mol. The molecule has 4 nitrogen and oxygen atoms in total. The molecule has 6 heteroatoms. The maximum absolute atomic E-state index is 12.0. The van der Waals surface area contributed by atoms with Crippen LogP contribution in [-0.4, -0.2) is 25.7 Å². The molecule has 18 heavy (non-hydrogen) atoms. The van der Waals surface area contributed by atoms with E-state index in [1.165, 1.54) is 0 Å². The minimum absolute atomic E-state index is 0.0230. The predicted octanol–water partition coefficient (Wildman–Crippen LogP) is 2.12. The first kappa shape index (κ1) is 15.9. The molecule has 102 valence electrons. The fourth-order valence-electron chi connectivity index (χ4n) is 1.57. The first-order valence-corrected chi connectivity index (χ1v) is 8.31. The minimum Gasteiger partial charge on any atom is -0.389 e. The van der Waals surface area contributed by atoms with Crippen LogP contribution in [0.3, 0.4) is 0 Å². The van der Waals surface area contributed by atoms with Crippen LogP contribution in [0.2, 0.25) is 0 Å². The summed E-state index contributed by atoms with van der Waals surface area (Å²) in [4.78, 5) is 0.218. The number of aliphatic hydroxyl groups is 1. The molecule has 1 aromatic rings. The fourth-order valence-corrected chi connectivity index (χ4v) is 3.10. The quantitative estimate of drug-likeness (QED) is 0.740. The Labute approximate surface area is 122 Å². The summed E-state index contributed by atoms with van der Waals surface area (Å²) >= 11 is 2.11. The maximum atomic E-state index is 12.0. The zero-order chi connectivity index (χ0) is 13.8. The number of rotatable bonds is 6. The highest BCUT2D eigenvalue weighted by Crippen LogP contribution is 2.14. The summed E-state index contributed by atoms with van der Waals surface area (Å²) in [5.74, 6) is 0. The zero-order valence-electron chi connectivity index (χ0n) is 10.5. The number of halogens is 1. The first-order chi connectivity index (χ1) is 8.27. The van der Waals surface area contributed by atoms with Crippen LogP contribution in [0.25, 0.3) is 0 Å². The van der Waals surface area contributed by atoms with Crippen LogP contribution in [0.4, 0.5) is 0 Å². The molecule has 0 aliphatic heterocycles. The molecule has 1 unspecified atom stereocenters. The van der Waals surface area contributed by atoms with Gasteiger partial charge in [0.25, 0.3) is 0 Å². The van der Waals surface area contributed by atoms with Crippen molar-refractivity contribution in [1.82, 2.24) is 4.72 Å². The third-order valence-electron chi connectivity index (χ3n) is 2.56. The van der Waals surface area contributed by atoms with Crippen LogP contribution < -0.4 is 4.72 Å². The second-order valence-corrected chi connectivity index (χ2v) is 7.54. The number of nitrogens with one attached hydrogen (secondary N) is 1. The Hall–Kier alpha value is -0.180. The van der Waals surface area contributed by atoms with Crippen molar-refractivity contribution in [2.45, 2.75) is 37.2 Å². The molecule has 0 radical (unpaired) electrons. The van der Waals surface area contributed by atoms with E-state index in [0.29, 0.717) is 6.42 Å². The fraction of sp³-hybridized carbons (Fsp3) is 0.500. The van der Waals surface area contributed by atoms with Gasteiger partial charge in [-0.05, 0) is 60.2 Å². The number of hydrogen-bond acceptors (Lipinski definition) is 3. The summed E-state index contributed by atoms with van der Waals surface area (Å²) < 4.78 is 27.4. The van der Waals surface area contributed by atoms with E-state index in [0.717, 1.165) is 9.99 Å². The van der Waals surface area contributed by atoms with E-state index in [1.54, 1.807) is 31.2 Å². The lowest BCUT2D eigenvalue weighted by Crippen LogP contribution is -2.40. The summed E-state index contributed by atoms with van der Waals surface area (Å²) in [6.07, 6.45) is 1.36. The molecular formula is C12H18INO3S. The minimum atomic E-state index is -3.54. The Morgan fingerprint density at radius 3 is 2.39 bits per heavy atom. The van der Waals surface area contributed by atoms with Crippen LogP contribution in [-0.2, 0) is 10.0 Å². The van der Waals surface area contributed by atoms with Gasteiger partial charge >= 0.3 is 0 Å². The van der Waals surface area contributed by atoms with Gasteiger partial charge in [0.15, 0.2) is 0 Å². The Morgan fingerprint density at radius 2 is 1.89 bits per heavy atom. The SMILES string of the molecule is CCCC(C)(O)CNS(=O)(=O)c1ccc(I)cc1. The molecule has 0 spiro atoms. The van der Waals surface area contributed by atoms with Gasteiger partial charge in [0.1, 0.15) is 0 Å². The first-order valence-electron chi connectivity index (χ1n) is 5.74. The van der Waals surface area contributed by atoms with Crippen molar-refractivity contribution in [3.8, 4) is 0 Å². The van der Waals surface area contributed by atoms with Crippen LogP contribution in [0.1, 0.15) is 26.7 Å². The molecule has 1 atom stereocenters. The molecule has 1 aromatic carbocycles. The molecule has 1 rings (SSSR count). The Balaban J connectivity index is 2.74. The second-order valence-electron chi connectivity index (χ2n) is 4.53. The molecule has 2 N–H and O–H groups in total. The van der Waals surface area contributed by atoms with Gasteiger partial charge in [0.2, 0.25) is 10.0 Å². The van der Waals surface area contributed by atoms with Gasteiger partial charge in [-0.3, -0.25) is 0 Å². The van der Waals surface area contributed by atoms with Crippen molar-refractivity contribution in [2.24, 2.45) is 0 Å². The second kappa shape index (κ2) is 6.31. The van der Waals surface area contributed by atoms with Crippen molar-refractivity contribution in [3.63, 3.8) is 0 Å². The van der Waals surface area contributed by atoms with Gasteiger partial charge in [0, 0.05) is 10.1 Å². The number of hydrogen-bond donors (Lipinski definition) is 2. The van der Waals surface area contributed by atoms with Gasteiger partial charge in [-0.2, -0.15) is 0 Å². The van der Waals surface area contributed by atoms with Crippen molar-refractivity contribution < 1.29 is 13.5 Å². The topological polar surface area (TPSA) is 66.4 Å². The Morgan fingerprint density at radius 1 is 1.33 bits per heavy atom. The summed E-state index contributed by atoms with van der Waals surface area (Å²) in [6, 6.07) is 6.58. The Kier molecular flexibility index (Phi) is 5.57. The molecule has 0 aliphatic carbocycles. The van der Waals surface area contributed by atoms with Gasteiger partial charge in [-0.1, -0.05) is 13.3 Å². The highest BCUT2D eigenvalue weighted by Gasteiger charge is 2.23. The van der Waals surface area contributed by atoms with E-state index in [-0.39, 0.29) is 11.4 Å². The largest absolute Gasteiger partial charge is 0.389 e. The molecule has 0 heterocycles. The van der Waals surface area contributed by atoms with Crippen molar-refractivity contribution in [1.29, 1.82) is 0 Å². The third-order valence-corrected chi connectivity index (χ3v) is 4.69. The molecule has 0 aromatic heterocycles. The molecule has 0 aliphatic rings. The number of sulfonamides is 1. The smallest absolute Gasteiger partial charge is 0.240 e. The molecule has 0 saturated heterocycles. The molecule has 0 amide bonds. The van der Waals surface area contributed by atoms with Crippen LogP contribution in [0.5, 0.6) is 0 Å². The van der Waals surface area contributed by atoms with E-state index in [9.17, 15) is 13.5 Å². The molecular weight excluding hydrogens is 365 g/mol. The lowest BCUT2D eigenvalue weighted by atomic mass is 10.0. The average molecular weight is 383 g/mol. The summed E-state index contributed by atoms with van der Waals surface area (Å²) in [5, 5.41) is 9.94. The van der Waals surface area contributed by atoms with E-state index >= 15 is 0 Å². The van der Waals surface area contributed by atoms with E-state index in [4.69, 9.17) is 0 Å². The van der Waals surface area contributed by atoms with Crippen molar-refractivity contribution >= 4 is 32.6 Å². The van der Waals surface area contributed by atoms with Crippen LogP contribution in [0.15, 0.2) is 29.2 Å². The lowest BCUT2D eigenvalue weighted by molar-refractivity contribution is 0.0554. The van der Waals surface area contributed by atoms with Gasteiger partial charge in [-0.15, -0.1) is 0 Å². The van der Waals surface area contributed by atoms with Crippen LogP contribution >= 0.6 is 22.6 Å². The van der Waals surface area contributed by atoms with E-state index < -0.39 is 15.6 Å². The average Bonchev–Trinajstić information content (AvgIpc) is 2.27. The number of benzene rings is 1. The van der Waals surface area contributed by atoms with Crippen LogP contribution in [0, 0.1) is 3.57 Å². The summed E-state index contributed by atoms with van der Waals surface area (Å²) in [5.41, 5.74) is -1.01. The van der Waals surface area contributed by atoms with E-state index in [1.807, 2.05) is 6.92 Å². The van der Waals surface area contributed by atoms with Gasteiger partial charge < -0.3 is 5.11 Å². The normalized spacial score (nSPS) is 15.3. The lowest BCUT2D eigenvalue weighted by Gasteiger charge is -2.22. The van der Waals surface area contributed by atoms with Crippen molar-refractivity contribution in [2.75, 3.05) is 6.54 Å². The standard InChI is InChI=1S/C12H18INO3S/c1-3-8-12(2,15)9-14-18(16,17)11-6-4-10(13)5-7-11/h4-7,14-15H,3,8-9H2,1-2H3. The summed E-state index contributed by atoms with van der Waals surface area (Å²) in [7, 11) is -3.54.